The number of nitrogens with one attached hydrogen (secondary N) is 2. The molecule has 5 heterocycles. The first-order valence-corrected chi connectivity index (χ1v) is 20.4. The van der Waals surface area contributed by atoms with E-state index in [1.807, 2.05) is 18.3 Å². The van der Waals surface area contributed by atoms with Crippen molar-refractivity contribution in [2.24, 2.45) is 0 Å². The van der Waals surface area contributed by atoms with Crippen LogP contribution in [0.4, 0.5) is 17.5 Å². The Morgan fingerprint density at radius 1 is 0.824 bits per heavy atom. The van der Waals surface area contributed by atoms with Crippen LogP contribution >= 0.6 is 0 Å². The molecule has 1 saturated carbocycles. The number of unbranched alkanes of at least 4 members (excludes halogenated alkanes) is 12. The van der Waals surface area contributed by atoms with E-state index >= 15 is 0 Å². The summed E-state index contributed by atoms with van der Waals surface area (Å²) in [5.41, 5.74) is 2.49. The van der Waals surface area contributed by atoms with Gasteiger partial charge in [0.25, 0.3) is 5.91 Å². The van der Waals surface area contributed by atoms with Crippen LogP contribution < -0.4 is 15.5 Å². The number of hydrogen-bond donors (Lipinski definition) is 2. The molecular weight excluding hydrogens is 637 g/mol. The van der Waals surface area contributed by atoms with E-state index in [4.69, 9.17) is 9.97 Å². The average Bonchev–Trinajstić information content (AvgIpc) is 3.56. The van der Waals surface area contributed by atoms with Crippen molar-refractivity contribution in [2.45, 2.75) is 141 Å². The lowest BCUT2D eigenvalue weighted by Crippen LogP contribution is -2.52. The van der Waals surface area contributed by atoms with E-state index in [1.54, 1.807) is 6.20 Å². The van der Waals surface area contributed by atoms with Crippen molar-refractivity contribution >= 4 is 40.2 Å². The van der Waals surface area contributed by atoms with Crippen LogP contribution in [0.3, 0.4) is 0 Å². The standard InChI is InChI=1S/C41H62N8O2/c1-2-3-4-5-6-7-8-9-10-11-12-13-15-18-35(50)21-24-47-25-27-48(28-26-47)34-19-20-37(42-31-34)45-40-43-30-33-29-36-39(51)44-32-41(22-16-14-17-23-41)49(36)38(33)46-40/h19-20,29-31H,2-18,21-28,32H2,1H3,(H,44,51)(H,42,43,45,46). The van der Waals surface area contributed by atoms with Crippen molar-refractivity contribution < 1.29 is 9.59 Å². The van der Waals surface area contributed by atoms with Crippen LogP contribution in [-0.2, 0) is 10.3 Å². The number of pyridine rings is 1. The van der Waals surface area contributed by atoms with Crippen molar-refractivity contribution in [3.05, 3.63) is 36.3 Å². The number of nitrogens with zero attached hydrogens (tertiary/aromatic N) is 6. The van der Waals surface area contributed by atoms with E-state index in [1.165, 1.54) is 83.5 Å². The molecule has 1 saturated heterocycles. The second-order valence-electron chi connectivity index (χ2n) is 15.4. The van der Waals surface area contributed by atoms with Gasteiger partial charge in [-0.25, -0.2) is 9.97 Å². The van der Waals surface area contributed by atoms with E-state index in [0.29, 0.717) is 36.2 Å². The minimum Gasteiger partial charge on any atom is -0.368 e. The molecule has 1 aliphatic carbocycles. The van der Waals surface area contributed by atoms with Crippen LogP contribution in [0.5, 0.6) is 0 Å². The molecule has 3 aliphatic rings. The van der Waals surface area contributed by atoms with Gasteiger partial charge in [-0.15, -0.1) is 0 Å². The van der Waals surface area contributed by atoms with Crippen molar-refractivity contribution in [2.75, 3.05) is 49.5 Å². The normalized spacial score (nSPS) is 17.5. The smallest absolute Gasteiger partial charge is 0.268 e. The first-order valence-electron chi connectivity index (χ1n) is 20.4. The van der Waals surface area contributed by atoms with Crippen molar-refractivity contribution in [1.82, 2.24) is 29.7 Å². The van der Waals surface area contributed by atoms with Gasteiger partial charge in [-0.05, 0) is 37.5 Å². The Morgan fingerprint density at radius 3 is 2.18 bits per heavy atom. The molecule has 0 atom stereocenters. The summed E-state index contributed by atoms with van der Waals surface area (Å²) in [6.45, 7) is 7.58. The number of fused-ring (bicyclic) bond motifs is 4. The van der Waals surface area contributed by atoms with Gasteiger partial charge in [0.1, 0.15) is 22.9 Å². The fourth-order valence-corrected chi connectivity index (χ4v) is 8.46. The van der Waals surface area contributed by atoms with Crippen LogP contribution in [-0.4, -0.2) is 75.4 Å². The van der Waals surface area contributed by atoms with E-state index in [0.717, 1.165) is 88.0 Å². The van der Waals surface area contributed by atoms with Crippen molar-refractivity contribution in [3.63, 3.8) is 0 Å². The Hall–Kier alpha value is -3.53. The third kappa shape index (κ3) is 10.1. The van der Waals surface area contributed by atoms with Gasteiger partial charge in [0, 0.05) is 63.7 Å². The third-order valence-electron chi connectivity index (χ3n) is 11.6. The van der Waals surface area contributed by atoms with E-state index in [-0.39, 0.29) is 11.4 Å². The minimum absolute atomic E-state index is 0.0366. The average molecular weight is 699 g/mol. The van der Waals surface area contributed by atoms with Gasteiger partial charge in [-0.2, -0.15) is 4.98 Å². The van der Waals surface area contributed by atoms with Crippen LogP contribution in [0.25, 0.3) is 11.0 Å². The highest BCUT2D eigenvalue weighted by molar-refractivity contribution is 5.99. The quantitative estimate of drug-likeness (QED) is 0.113. The number of hydrogen-bond acceptors (Lipinski definition) is 8. The zero-order valence-electron chi connectivity index (χ0n) is 31.3. The SMILES string of the molecule is CCCCCCCCCCCCCCCC(=O)CCN1CCN(c2ccc(Nc3ncc4cc5n(c4n3)C3(CCCCC3)CNC5=O)nc2)CC1. The molecule has 51 heavy (non-hydrogen) atoms. The van der Waals surface area contributed by atoms with E-state index in [9.17, 15) is 9.59 Å². The van der Waals surface area contributed by atoms with Gasteiger partial charge in [0.2, 0.25) is 5.95 Å². The topological polar surface area (TPSA) is 108 Å². The minimum atomic E-state index is -0.111. The molecule has 0 radical (unpaired) electrons. The van der Waals surface area contributed by atoms with Crippen LogP contribution in [0.2, 0.25) is 0 Å². The highest BCUT2D eigenvalue weighted by Gasteiger charge is 2.41. The summed E-state index contributed by atoms with van der Waals surface area (Å²) in [6, 6.07) is 6.01. The fraction of sp³-hybridized carbons (Fsp3) is 0.683. The molecule has 0 aromatic carbocycles. The fourth-order valence-electron chi connectivity index (χ4n) is 8.46. The summed E-state index contributed by atoms with van der Waals surface area (Å²) in [5, 5.41) is 7.31. The number of piperazine rings is 1. The molecule has 10 nitrogen and oxygen atoms in total. The molecule has 0 unspecified atom stereocenters. The maximum Gasteiger partial charge on any atom is 0.268 e. The maximum absolute atomic E-state index is 12.8. The predicted molar refractivity (Wildman–Crippen MR) is 207 cm³/mol. The molecule has 3 aromatic rings. The van der Waals surface area contributed by atoms with E-state index < -0.39 is 0 Å². The Kier molecular flexibility index (Phi) is 13.7. The monoisotopic (exact) mass is 698 g/mol. The summed E-state index contributed by atoms with van der Waals surface area (Å²) < 4.78 is 2.19. The zero-order chi connectivity index (χ0) is 35.3. The predicted octanol–water partition coefficient (Wildman–Crippen LogP) is 8.54. The van der Waals surface area contributed by atoms with Gasteiger partial charge >= 0.3 is 0 Å². The molecular formula is C41H62N8O2. The molecule has 2 N–H and O–H groups in total. The molecule has 0 bridgehead atoms. The zero-order valence-corrected chi connectivity index (χ0v) is 31.3. The number of carbonyl (C=O) groups is 2. The summed E-state index contributed by atoms with van der Waals surface area (Å²) in [6.07, 6.45) is 28.2. The molecule has 10 heteroatoms. The molecule has 1 amide bonds. The van der Waals surface area contributed by atoms with Gasteiger partial charge < -0.3 is 20.1 Å². The van der Waals surface area contributed by atoms with Crippen molar-refractivity contribution in [1.29, 1.82) is 0 Å². The largest absolute Gasteiger partial charge is 0.368 e. The number of aromatic nitrogens is 4. The number of Topliss-reactive ketones (excluding diaryl/α,β-unsaturated/α-hetero) is 1. The van der Waals surface area contributed by atoms with Crippen LogP contribution in [0.1, 0.15) is 146 Å². The highest BCUT2D eigenvalue weighted by atomic mass is 16.2. The number of ketones is 1. The first kappa shape index (κ1) is 37.2. The molecule has 1 spiro atoms. The summed E-state index contributed by atoms with van der Waals surface area (Å²) >= 11 is 0. The Labute approximate surface area is 305 Å². The van der Waals surface area contributed by atoms with Crippen LogP contribution in [0.15, 0.2) is 30.6 Å². The first-order chi connectivity index (χ1) is 25.0. The Balaban J connectivity index is 0.875. The number of rotatable bonds is 20. The second-order valence-corrected chi connectivity index (χ2v) is 15.4. The van der Waals surface area contributed by atoms with Gasteiger partial charge in [0.15, 0.2) is 0 Å². The van der Waals surface area contributed by atoms with Crippen molar-refractivity contribution in [3.8, 4) is 0 Å². The lowest BCUT2D eigenvalue weighted by Gasteiger charge is -2.42. The lowest BCUT2D eigenvalue weighted by atomic mass is 9.80. The summed E-state index contributed by atoms with van der Waals surface area (Å²) in [5.74, 6) is 1.56. The van der Waals surface area contributed by atoms with Gasteiger partial charge in [0.05, 0.1) is 17.4 Å². The third-order valence-corrected chi connectivity index (χ3v) is 11.6. The van der Waals surface area contributed by atoms with Crippen LogP contribution in [0, 0.1) is 0 Å². The molecule has 3 aromatic heterocycles. The number of carbonyl (C=O) groups excluding carboxylic acids is 2. The van der Waals surface area contributed by atoms with E-state index in [2.05, 4.69) is 43.0 Å². The molecule has 278 valence electrons. The Bertz CT molecular complexity index is 1540. The number of amides is 1. The summed E-state index contributed by atoms with van der Waals surface area (Å²) in [7, 11) is 0. The maximum atomic E-state index is 12.8. The van der Waals surface area contributed by atoms with Gasteiger partial charge in [-0.1, -0.05) is 103 Å². The van der Waals surface area contributed by atoms with Gasteiger partial charge in [-0.3, -0.25) is 14.5 Å². The molecule has 2 aliphatic heterocycles. The molecule has 2 fully saturated rings. The Morgan fingerprint density at radius 2 is 1.51 bits per heavy atom. The molecule has 6 rings (SSSR count). The summed E-state index contributed by atoms with van der Waals surface area (Å²) in [4.78, 5) is 44.3. The number of anilines is 3. The highest BCUT2D eigenvalue weighted by Crippen LogP contribution is 2.40. The lowest BCUT2D eigenvalue weighted by molar-refractivity contribution is -0.119. The second kappa shape index (κ2) is 18.8.